The third kappa shape index (κ3) is 3.48. The lowest BCUT2D eigenvalue weighted by molar-refractivity contribution is 0.215. The van der Waals surface area contributed by atoms with E-state index in [0.717, 1.165) is 36.2 Å². The second-order valence-corrected chi connectivity index (χ2v) is 6.37. The average Bonchev–Trinajstić information content (AvgIpc) is 2.88. The molecule has 1 aliphatic rings. The van der Waals surface area contributed by atoms with Crippen molar-refractivity contribution in [1.29, 1.82) is 0 Å². The number of rotatable bonds is 5. The SMILES string of the molecule is CCCNC(C1=CCCO1)c1cc(Br)ccc1I. The van der Waals surface area contributed by atoms with Crippen LogP contribution in [-0.4, -0.2) is 13.2 Å². The Bertz CT molecular complexity index is 447. The first-order valence-electron chi connectivity index (χ1n) is 6.23. The van der Waals surface area contributed by atoms with Crippen LogP contribution in [0.1, 0.15) is 31.4 Å². The van der Waals surface area contributed by atoms with Gasteiger partial charge in [0.2, 0.25) is 0 Å². The second kappa shape index (κ2) is 6.91. The molecule has 2 rings (SSSR count). The topological polar surface area (TPSA) is 21.3 Å². The summed E-state index contributed by atoms with van der Waals surface area (Å²) in [6.45, 7) is 3.98. The Morgan fingerprint density at radius 2 is 2.33 bits per heavy atom. The molecule has 2 nitrogen and oxygen atoms in total. The van der Waals surface area contributed by atoms with Crippen molar-refractivity contribution in [2.75, 3.05) is 13.2 Å². The van der Waals surface area contributed by atoms with E-state index in [9.17, 15) is 0 Å². The van der Waals surface area contributed by atoms with Crippen LogP contribution in [0.4, 0.5) is 0 Å². The summed E-state index contributed by atoms with van der Waals surface area (Å²) < 4.78 is 8.12. The fraction of sp³-hybridized carbons (Fsp3) is 0.429. The number of benzene rings is 1. The molecule has 1 aliphatic heterocycles. The average molecular weight is 422 g/mol. The van der Waals surface area contributed by atoms with E-state index in [1.54, 1.807) is 0 Å². The highest BCUT2D eigenvalue weighted by atomic mass is 127. The summed E-state index contributed by atoms with van der Waals surface area (Å²) in [5.74, 6) is 1.07. The molecule has 0 saturated heterocycles. The third-order valence-electron chi connectivity index (χ3n) is 2.88. The van der Waals surface area contributed by atoms with E-state index < -0.39 is 0 Å². The molecule has 0 amide bonds. The minimum atomic E-state index is 0.178. The summed E-state index contributed by atoms with van der Waals surface area (Å²) in [5, 5.41) is 3.58. The van der Waals surface area contributed by atoms with Gasteiger partial charge in [0.25, 0.3) is 0 Å². The summed E-state index contributed by atoms with van der Waals surface area (Å²) in [5.41, 5.74) is 1.28. The first-order valence-corrected chi connectivity index (χ1v) is 8.10. The van der Waals surface area contributed by atoms with Crippen LogP contribution in [-0.2, 0) is 4.74 Å². The molecule has 0 radical (unpaired) electrons. The molecule has 0 bridgehead atoms. The zero-order valence-electron chi connectivity index (χ0n) is 10.4. The molecule has 1 aromatic rings. The van der Waals surface area contributed by atoms with Crippen molar-refractivity contribution < 1.29 is 4.74 Å². The standard InChI is InChI=1S/C14H17BrINO/c1-2-7-17-14(13-4-3-8-18-13)11-9-10(15)5-6-12(11)16/h4-6,9,14,17H,2-3,7-8H2,1H3. The van der Waals surface area contributed by atoms with Gasteiger partial charge in [-0.2, -0.15) is 0 Å². The van der Waals surface area contributed by atoms with Crippen molar-refractivity contribution >= 4 is 38.5 Å². The maximum Gasteiger partial charge on any atom is 0.114 e. The van der Waals surface area contributed by atoms with Crippen LogP contribution < -0.4 is 5.32 Å². The van der Waals surface area contributed by atoms with Crippen LogP contribution in [0.15, 0.2) is 34.5 Å². The van der Waals surface area contributed by atoms with Crippen LogP contribution in [0, 0.1) is 3.57 Å². The molecule has 0 saturated carbocycles. The van der Waals surface area contributed by atoms with Crippen molar-refractivity contribution in [3.63, 3.8) is 0 Å². The summed E-state index contributed by atoms with van der Waals surface area (Å²) in [6, 6.07) is 6.57. The second-order valence-electron chi connectivity index (χ2n) is 4.30. The van der Waals surface area contributed by atoms with Crippen LogP contribution >= 0.6 is 38.5 Å². The zero-order chi connectivity index (χ0) is 13.0. The number of nitrogens with one attached hydrogen (secondary N) is 1. The van der Waals surface area contributed by atoms with E-state index in [4.69, 9.17) is 4.74 Å². The van der Waals surface area contributed by atoms with E-state index in [-0.39, 0.29) is 6.04 Å². The number of ether oxygens (including phenoxy) is 1. The van der Waals surface area contributed by atoms with Crippen molar-refractivity contribution in [2.45, 2.75) is 25.8 Å². The Hall–Kier alpha value is -0.0700. The molecule has 18 heavy (non-hydrogen) atoms. The summed E-state index contributed by atoms with van der Waals surface area (Å²) >= 11 is 5.94. The summed E-state index contributed by atoms with van der Waals surface area (Å²) in [6.07, 6.45) is 4.34. The smallest absolute Gasteiger partial charge is 0.114 e. The molecule has 4 heteroatoms. The lowest BCUT2D eigenvalue weighted by Gasteiger charge is -2.21. The Morgan fingerprint density at radius 3 is 3.00 bits per heavy atom. The van der Waals surface area contributed by atoms with E-state index in [1.165, 1.54) is 9.13 Å². The highest BCUT2D eigenvalue weighted by Gasteiger charge is 2.22. The van der Waals surface area contributed by atoms with Gasteiger partial charge in [-0.05, 0) is 65.4 Å². The highest BCUT2D eigenvalue weighted by molar-refractivity contribution is 14.1. The van der Waals surface area contributed by atoms with Gasteiger partial charge >= 0.3 is 0 Å². The van der Waals surface area contributed by atoms with Gasteiger partial charge in [-0.15, -0.1) is 0 Å². The molecule has 0 fully saturated rings. The Balaban J connectivity index is 2.29. The van der Waals surface area contributed by atoms with E-state index in [2.05, 4.69) is 75.0 Å². The van der Waals surface area contributed by atoms with Crippen LogP contribution in [0.25, 0.3) is 0 Å². The lowest BCUT2D eigenvalue weighted by atomic mass is 10.0. The first kappa shape index (κ1) is 14.3. The van der Waals surface area contributed by atoms with E-state index in [0.29, 0.717) is 0 Å². The minimum absolute atomic E-state index is 0.178. The highest BCUT2D eigenvalue weighted by Crippen LogP contribution is 2.31. The zero-order valence-corrected chi connectivity index (χ0v) is 14.1. The van der Waals surface area contributed by atoms with Gasteiger partial charge in [0.15, 0.2) is 0 Å². The summed E-state index contributed by atoms with van der Waals surface area (Å²) in [7, 11) is 0. The Morgan fingerprint density at radius 1 is 1.50 bits per heavy atom. The molecule has 1 unspecified atom stereocenters. The molecule has 0 aromatic heterocycles. The third-order valence-corrected chi connectivity index (χ3v) is 4.36. The molecular formula is C14H17BrINO. The monoisotopic (exact) mass is 421 g/mol. The largest absolute Gasteiger partial charge is 0.496 e. The van der Waals surface area contributed by atoms with Gasteiger partial charge in [-0.3, -0.25) is 0 Å². The number of hydrogen-bond donors (Lipinski definition) is 1. The molecular weight excluding hydrogens is 405 g/mol. The van der Waals surface area contributed by atoms with E-state index >= 15 is 0 Å². The minimum Gasteiger partial charge on any atom is -0.496 e. The molecule has 1 N–H and O–H groups in total. The lowest BCUT2D eigenvalue weighted by Crippen LogP contribution is -2.25. The van der Waals surface area contributed by atoms with Gasteiger partial charge < -0.3 is 10.1 Å². The maximum atomic E-state index is 5.74. The van der Waals surface area contributed by atoms with Gasteiger partial charge in [0, 0.05) is 14.5 Å². The van der Waals surface area contributed by atoms with Crippen LogP contribution in [0.2, 0.25) is 0 Å². The predicted octanol–water partition coefficient (Wildman–Crippen LogP) is 4.40. The molecule has 98 valence electrons. The number of halogens is 2. The molecule has 0 spiro atoms. The van der Waals surface area contributed by atoms with Gasteiger partial charge in [-0.25, -0.2) is 0 Å². The number of hydrogen-bond acceptors (Lipinski definition) is 2. The van der Waals surface area contributed by atoms with Crippen LogP contribution in [0.5, 0.6) is 0 Å². The summed E-state index contributed by atoms with van der Waals surface area (Å²) in [4.78, 5) is 0. The fourth-order valence-electron chi connectivity index (χ4n) is 2.03. The van der Waals surface area contributed by atoms with Crippen LogP contribution in [0.3, 0.4) is 0 Å². The van der Waals surface area contributed by atoms with Crippen molar-refractivity contribution in [1.82, 2.24) is 5.32 Å². The van der Waals surface area contributed by atoms with Gasteiger partial charge in [-0.1, -0.05) is 22.9 Å². The first-order chi connectivity index (χ1) is 8.72. The van der Waals surface area contributed by atoms with Crippen molar-refractivity contribution in [2.24, 2.45) is 0 Å². The van der Waals surface area contributed by atoms with Gasteiger partial charge in [0.1, 0.15) is 5.76 Å². The normalized spacial score (nSPS) is 16.3. The Kier molecular flexibility index (Phi) is 5.51. The fourth-order valence-corrected chi connectivity index (χ4v) is 3.05. The van der Waals surface area contributed by atoms with Crippen molar-refractivity contribution in [3.05, 3.63) is 43.6 Å². The molecule has 0 aliphatic carbocycles. The van der Waals surface area contributed by atoms with Crippen molar-refractivity contribution in [3.8, 4) is 0 Å². The molecule has 1 aromatic carbocycles. The Labute approximate surface area is 130 Å². The predicted molar refractivity (Wildman–Crippen MR) is 86.5 cm³/mol. The molecule has 1 heterocycles. The van der Waals surface area contributed by atoms with Gasteiger partial charge in [0.05, 0.1) is 12.6 Å². The maximum absolute atomic E-state index is 5.74. The molecule has 1 atom stereocenters. The quantitative estimate of drug-likeness (QED) is 0.711. The van der Waals surface area contributed by atoms with E-state index in [1.807, 2.05) is 0 Å².